The predicted octanol–water partition coefficient (Wildman–Crippen LogP) is 2.04. The molecular weight excluding hydrogens is 295 g/mol. The van der Waals surface area contributed by atoms with Gasteiger partial charge in [0, 0.05) is 13.2 Å². The van der Waals surface area contributed by atoms with Crippen LogP contribution in [-0.2, 0) is 11.0 Å². The van der Waals surface area contributed by atoms with Gasteiger partial charge in [-0.05, 0) is 19.1 Å². The molecule has 1 aromatic heterocycles. The third-order valence-electron chi connectivity index (χ3n) is 2.19. The maximum absolute atomic E-state index is 12.3. The number of pyridine rings is 1. The zero-order valence-electron chi connectivity index (χ0n) is 10.6. The summed E-state index contributed by atoms with van der Waals surface area (Å²) in [5.74, 6) is -0.559. The molecule has 0 fully saturated rings. The molecule has 0 spiro atoms. The van der Waals surface area contributed by atoms with E-state index in [0.29, 0.717) is 6.20 Å². The van der Waals surface area contributed by atoms with Crippen LogP contribution in [0.2, 0.25) is 0 Å². The summed E-state index contributed by atoms with van der Waals surface area (Å²) < 4.78 is 37.0. The summed E-state index contributed by atoms with van der Waals surface area (Å²) in [5.41, 5.74) is -0.857. The van der Waals surface area contributed by atoms with Gasteiger partial charge in [0.1, 0.15) is 0 Å². The summed E-state index contributed by atoms with van der Waals surface area (Å²) in [6, 6.07) is 1.42. The van der Waals surface area contributed by atoms with Gasteiger partial charge in [0.05, 0.1) is 15.8 Å². The summed E-state index contributed by atoms with van der Waals surface area (Å²) in [6.45, 7) is 1.52. The highest BCUT2D eigenvalue weighted by molar-refractivity contribution is 8.00. The van der Waals surface area contributed by atoms with Gasteiger partial charge in [-0.25, -0.2) is 9.78 Å². The number of hydrogen-bond donors (Lipinski definition) is 2. The molecule has 20 heavy (non-hydrogen) atoms. The zero-order valence-corrected chi connectivity index (χ0v) is 11.4. The second kappa shape index (κ2) is 6.60. The van der Waals surface area contributed by atoms with Crippen LogP contribution in [-0.4, -0.2) is 29.2 Å². The van der Waals surface area contributed by atoms with Gasteiger partial charge in [-0.15, -0.1) is 0 Å². The molecule has 1 heterocycles. The molecule has 0 bridgehead atoms. The summed E-state index contributed by atoms with van der Waals surface area (Å²) >= 11 is 0.953. The molecule has 0 aliphatic carbocycles. The molecule has 1 atom stereocenters. The lowest BCUT2D eigenvalue weighted by molar-refractivity contribution is -0.137. The van der Waals surface area contributed by atoms with E-state index in [1.54, 1.807) is 0 Å². The Morgan fingerprint density at radius 3 is 2.45 bits per heavy atom. The number of alkyl halides is 3. The van der Waals surface area contributed by atoms with Crippen LogP contribution in [0.3, 0.4) is 0 Å². The zero-order chi connectivity index (χ0) is 15.3. The maximum Gasteiger partial charge on any atom is 0.417 e. The van der Waals surface area contributed by atoms with E-state index in [0.717, 1.165) is 17.8 Å². The Labute approximate surface area is 117 Å². The number of rotatable bonds is 3. The Hall–Kier alpha value is -1.77. The van der Waals surface area contributed by atoms with E-state index in [9.17, 15) is 22.8 Å². The maximum atomic E-state index is 12.3. The number of hydrogen-bond acceptors (Lipinski definition) is 4. The number of halogens is 3. The first-order chi connectivity index (χ1) is 9.24. The summed E-state index contributed by atoms with van der Waals surface area (Å²) in [5, 5.41) is 3.88. The molecule has 1 aromatic rings. The van der Waals surface area contributed by atoms with Gasteiger partial charge >= 0.3 is 12.2 Å². The van der Waals surface area contributed by atoms with Crippen molar-refractivity contribution in [3.8, 4) is 0 Å². The van der Waals surface area contributed by atoms with Crippen LogP contribution < -0.4 is 10.6 Å². The minimum Gasteiger partial charge on any atom is -0.341 e. The van der Waals surface area contributed by atoms with Crippen molar-refractivity contribution in [1.29, 1.82) is 0 Å². The first-order valence-electron chi connectivity index (χ1n) is 5.46. The highest BCUT2D eigenvalue weighted by atomic mass is 32.2. The van der Waals surface area contributed by atoms with Crippen molar-refractivity contribution in [1.82, 2.24) is 15.6 Å². The van der Waals surface area contributed by atoms with E-state index in [1.165, 1.54) is 20.0 Å². The molecule has 3 amide bonds. The molecule has 0 aliphatic heterocycles. The minimum absolute atomic E-state index is 0.262. The highest BCUT2D eigenvalue weighted by Gasteiger charge is 2.30. The number of thioether (sulfide) groups is 1. The molecular formula is C11H12F3N3O2S. The van der Waals surface area contributed by atoms with Crippen molar-refractivity contribution in [2.75, 3.05) is 7.05 Å². The molecule has 0 radical (unpaired) electrons. The van der Waals surface area contributed by atoms with Crippen molar-refractivity contribution < 1.29 is 22.8 Å². The number of nitrogens with zero attached hydrogens (tertiary/aromatic N) is 1. The van der Waals surface area contributed by atoms with Crippen LogP contribution in [0.1, 0.15) is 12.5 Å². The number of urea groups is 1. The summed E-state index contributed by atoms with van der Waals surface area (Å²) in [7, 11) is 1.36. The minimum atomic E-state index is -4.45. The van der Waals surface area contributed by atoms with Gasteiger partial charge < -0.3 is 5.32 Å². The number of aromatic nitrogens is 1. The number of carbonyl (C=O) groups is 2. The predicted molar refractivity (Wildman–Crippen MR) is 67.2 cm³/mol. The molecule has 1 unspecified atom stereocenters. The van der Waals surface area contributed by atoms with Crippen LogP contribution in [0.5, 0.6) is 0 Å². The fourth-order valence-corrected chi connectivity index (χ4v) is 1.92. The number of imide groups is 1. The Balaban J connectivity index is 2.64. The molecule has 2 N–H and O–H groups in total. The number of nitrogens with one attached hydrogen (secondary N) is 2. The second-order valence-corrected chi connectivity index (χ2v) is 5.07. The Kier molecular flexibility index (Phi) is 5.37. The van der Waals surface area contributed by atoms with E-state index in [-0.39, 0.29) is 5.03 Å². The largest absolute Gasteiger partial charge is 0.417 e. The van der Waals surface area contributed by atoms with E-state index in [4.69, 9.17) is 0 Å². The topological polar surface area (TPSA) is 71.1 Å². The molecule has 0 aromatic carbocycles. The third kappa shape index (κ3) is 4.72. The van der Waals surface area contributed by atoms with Gasteiger partial charge in [0.25, 0.3) is 0 Å². The van der Waals surface area contributed by atoms with E-state index in [1.807, 2.05) is 0 Å². The van der Waals surface area contributed by atoms with Crippen molar-refractivity contribution >= 4 is 23.7 Å². The normalized spacial score (nSPS) is 12.7. The van der Waals surface area contributed by atoms with Crippen LogP contribution in [0.4, 0.5) is 18.0 Å². The first-order valence-corrected chi connectivity index (χ1v) is 6.34. The van der Waals surface area contributed by atoms with Gasteiger partial charge in [-0.2, -0.15) is 13.2 Å². The fourth-order valence-electron chi connectivity index (χ4n) is 1.13. The Bertz CT molecular complexity index is 491. The number of amides is 3. The van der Waals surface area contributed by atoms with Crippen LogP contribution >= 0.6 is 11.8 Å². The standard InChI is InChI=1S/C11H12F3N3O2S/c1-6(9(18)17-10(19)15-2)20-8-4-3-7(5-16-8)11(12,13)14/h3-6H,1-2H3,(H2,15,17,18,19). The summed E-state index contributed by atoms with van der Waals surface area (Å²) in [4.78, 5) is 26.1. The SMILES string of the molecule is CNC(=O)NC(=O)C(C)Sc1ccc(C(F)(F)F)cn1. The van der Waals surface area contributed by atoms with Crippen molar-refractivity contribution in [3.63, 3.8) is 0 Å². The van der Waals surface area contributed by atoms with Gasteiger partial charge in [-0.1, -0.05) is 11.8 Å². The molecule has 0 aliphatic rings. The van der Waals surface area contributed by atoms with Crippen LogP contribution in [0.25, 0.3) is 0 Å². The lowest BCUT2D eigenvalue weighted by Gasteiger charge is -2.11. The fraction of sp³-hybridized carbons (Fsp3) is 0.364. The monoisotopic (exact) mass is 307 g/mol. The van der Waals surface area contributed by atoms with E-state index >= 15 is 0 Å². The van der Waals surface area contributed by atoms with Crippen molar-refractivity contribution in [3.05, 3.63) is 23.9 Å². The van der Waals surface area contributed by atoms with Gasteiger partial charge in [-0.3, -0.25) is 10.1 Å². The molecule has 9 heteroatoms. The highest BCUT2D eigenvalue weighted by Crippen LogP contribution is 2.30. The molecule has 1 rings (SSSR count). The molecule has 5 nitrogen and oxygen atoms in total. The first kappa shape index (κ1) is 16.3. The average molecular weight is 307 g/mol. The van der Waals surface area contributed by atoms with Crippen LogP contribution in [0, 0.1) is 0 Å². The smallest absolute Gasteiger partial charge is 0.341 e. The Morgan fingerprint density at radius 1 is 1.35 bits per heavy atom. The van der Waals surface area contributed by atoms with Gasteiger partial charge in [0.2, 0.25) is 5.91 Å². The van der Waals surface area contributed by atoms with Crippen LogP contribution in [0.15, 0.2) is 23.4 Å². The van der Waals surface area contributed by atoms with E-state index < -0.39 is 28.9 Å². The Morgan fingerprint density at radius 2 is 2.00 bits per heavy atom. The summed E-state index contributed by atoms with van der Waals surface area (Å²) in [6.07, 6.45) is -3.75. The second-order valence-electron chi connectivity index (χ2n) is 3.71. The van der Waals surface area contributed by atoms with E-state index in [2.05, 4.69) is 15.6 Å². The lowest BCUT2D eigenvalue weighted by atomic mass is 10.3. The number of carbonyl (C=O) groups excluding carboxylic acids is 2. The average Bonchev–Trinajstić information content (AvgIpc) is 2.38. The molecule has 0 saturated heterocycles. The third-order valence-corrected chi connectivity index (χ3v) is 3.24. The molecule has 0 saturated carbocycles. The quantitative estimate of drug-likeness (QED) is 0.838. The van der Waals surface area contributed by atoms with Crippen molar-refractivity contribution in [2.24, 2.45) is 0 Å². The van der Waals surface area contributed by atoms with Gasteiger partial charge in [0.15, 0.2) is 0 Å². The van der Waals surface area contributed by atoms with Crippen molar-refractivity contribution in [2.45, 2.75) is 23.4 Å². The lowest BCUT2D eigenvalue weighted by Crippen LogP contribution is -2.41. The molecule has 110 valence electrons.